The number of aromatic nitrogens is 3. The number of nitrogens with two attached hydrogens (primary N) is 1. The van der Waals surface area contributed by atoms with Crippen LogP contribution in [0.3, 0.4) is 0 Å². The summed E-state index contributed by atoms with van der Waals surface area (Å²) in [6, 6.07) is 1.61. The van der Waals surface area contributed by atoms with Crippen molar-refractivity contribution in [3.05, 3.63) is 40.3 Å². The minimum Gasteiger partial charge on any atom is -0.330 e. The van der Waals surface area contributed by atoms with Gasteiger partial charge in [0.15, 0.2) is 5.82 Å². The molecular formula is C11H10Cl2N4. The molecule has 0 radical (unpaired) electrons. The van der Waals surface area contributed by atoms with Crippen molar-refractivity contribution in [3.8, 4) is 11.5 Å². The summed E-state index contributed by atoms with van der Waals surface area (Å²) in [4.78, 5) is 12.5. The zero-order valence-electron chi connectivity index (χ0n) is 8.90. The molecule has 0 saturated heterocycles. The molecule has 0 fully saturated rings. The van der Waals surface area contributed by atoms with E-state index in [1.807, 2.05) is 0 Å². The highest BCUT2D eigenvalue weighted by atomic mass is 35.5. The van der Waals surface area contributed by atoms with Gasteiger partial charge < -0.3 is 5.73 Å². The summed E-state index contributed by atoms with van der Waals surface area (Å²) in [5, 5.41) is 0.919. The molecule has 2 N–H and O–H groups in total. The average Bonchev–Trinajstić information content (AvgIpc) is 2.31. The first-order valence-electron chi connectivity index (χ1n) is 5.03. The summed E-state index contributed by atoms with van der Waals surface area (Å²) in [6.45, 7) is 0.572. The number of hydrogen-bond acceptors (Lipinski definition) is 4. The van der Waals surface area contributed by atoms with Crippen LogP contribution in [0.2, 0.25) is 10.0 Å². The van der Waals surface area contributed by atoms with Crippen molar-refractivity contribution in [2.45, 2.75) is 6.42 Å². The molecule has 2 aromatic heterocycles. The Balaban J connectivity index is 2.33. The van der Waals surface area contributed by atoms with Gasteiger partial charge in [0.2, 0.25) is 0 Å². The third kappa shape index (κ3) is 2.91. The van der Waals surface area contributed by atoms with Crippen LogP contribution in [0.5, 0.6) is 0 Å². The normalized spacial score (nSPS) is 10.5. The van der Waals surface area contributed by atoms with E-state index in [1.54, 1.807) is 18.5 Å². The Labute approximate surface area is 109 Å². The lowest BCUT2D eigenvalue weighted by atomic mass is 10.2. The van der Waals surface area contributed by atoms with Crippen molar-refractivity contribution in [3.63, 3.8) is 0 Å². The Bertz CT molecular complexity index is 513. The van der Waals surface area contributed by atoms with Gasteiger partial charge in [0.25, 0.3) is 0 Å². The lowest BCUT2D eigenvalue weighted by Gasteiger charge is -2.03. The standard InChI is InChI=1S/C11H10Cl2N4/c12-8-3-9(13)10(15-6-8)11-16-4-7(1-2-14)5-17-11/h3-6H,1-2,14H2. The molecule has 0 amide bonds. The van der Waals surface area contributed by atoms with Crippen LogP contribution in [0, 0.1) is 0 Å². The van der Waals surface area contributed by atoms with Crippen molar-refractivity contribution in [2.24, 2.45) is 5.73 Å². The highest BCUT2D eigenvalue weighted by Gasteiger charge is 2.08. The molecule has 0 aliphatic heterocycles. The van der Waals surface area contributed by atoms with Crippen LogP contribution in [0.1, 0.15) is 5.56 Å². The monoisotopic (exact) mass is 268 g/mol. The van der Waals surface area contributed by atoms with Crippen LogP contribution in [0.25, 0.3) is 11.5 Å². The molecule has 2 rings (SSSR count). The number of nitrogens with zero attached hydrogens (tertiary/aromatic N) is 3. The van der Waals surface area contributed by atoms with Gasteiger partial charge in [-0.2, -0.15) is 0 Å². The maximum Gasteiger partial charge on any atom is 0.179 e. The summed E-state index contributed by atoms with van der Waals surface area (Å²) in [5.41, 5.74) is 6.96. The lowest BCUT2D eigenvalue weighted by molar-refractivity contribution is 0.941. The van der Waals surface area contributed by atoms with Crippen LogP contribution in [-0.4, -0.2) is 21.5 Å². The predicted octanol–water partition coefficient (Wildman–Crippen LogP) is 2.35. The number of rotatable bonds is 3. The Kier molecular flexibility index (Phi) is 3.89. The molecule has 17 heavy (non-hydrogen) atoms. The second-order valence-electron chi connectivity index (χ2n) is 3.44. The summed E-state index contributed by atoms with van der Waals surface area (Å²) < 4.78 is 0. The number of hydrogen-bond donors (Lipinski definition) is 1. The fraction of sp³-hybridized carbons (Fsp3) is 0.182. The van der Waals surface area contributed by atoms with Crippen molar-refractivity contribution in [1.29, 1.82) is 0 Å². The molecule has 0 unspecified atom stereocenters. The quantitative estimate of drug-likeness (QED) is 0.928. The molecular weight excluding hydrogens is 259 g/mol. The Morgan fingerprint density at radius 3 is 2.35 bits per heavy atom. The van der Waals surface area contributed by atoms with Gasteiger partial charge in [0.1, 0.15) is 5.69 Å². The van der Waals surface area contributed by atoms with Gasteiger partial charge in [-0.3, -0.25) is 0 Å². The van der Waals surface area contributed by atoms with Gasteiger partial charge in [-0.1, -0.05) is 23.2 Å². The van der Waals surface area contributed by atoms with Gasteiger partial charge >= 0.3 is 0 Å². The predicted molar refractivity (Wildman–Crippen MR) is 68.0 cm³/mol. The molecule has 88 valence electrons. The molecule has 0 saturated carbocycles. The van der Waals surface area contributed by atoms with Gasteiger partial charge in [-0.15, -0.1) is 0 Å². The zero-order chi connectivity index (χ0) is 12.3. The van der Waals surface area contributed by atoms with Gasteiger partial charge in [-0.25, -0.2) is 15.0 Å². The zero-order valence-corrected chi connectivity index (χ0v) is 10.4. The summed E-state index contributed by atoms with van der Waals surface area (Å²) >= 11 is 11.8. The number of pyridine rings is 1. The molecule has 2 aromatic rings. The largest absolute Gasteiger partial charge is 0.330 e. The fourth-order valence-electron chi connectivity index (χ4n) is 1.35. The van der Waals surface area contributed by atoms with E-state index in [4.69, 9.17) is 28.9 Å². The number of halogens is 2. The topological polar surface area (TPSA) is 64.7 Å². The highest BCUT2D eigenvalue weighted by Crippen LogP contribution is 2.25. The Morgan fingerprint density at radius 1 is 1.06 bits per heavy atom. The third-order valence-corrected chi connectivity index (χ3v) is 2.65. The molecule has 0 aromatic carbocycles. The van der Waals surface area contributed by atoms with Gasteiger partial charge in [-0.05, 0) is 24.6 Å². The third-order valence-electron chi connectivity index (χ3n) is 2.16. The summed E-state index contributed by atoms with van der Waals surface area (Å²) in [5.74, 6) is 0.479. The van der Waals surface area contributed by atoms with Crippen LogP contribution >= 0.6 is 23.2 Å². The molecule has 6 heteroatoms. The Hall–Kier alpha value is -1.23. The molecule has 0 aliphatic rings. The molecule has 0 atom stereocenters. The lowest BCUT2D eigenvalue weighted by Crippen LogP contribution is -2.04. The molecule has 2 heterocycles. The van der Waals surface area contributed by atoms with E-state index in [1.165, 1.54) is 6.20 Å². The maximum atomic E-state index is 6.02. The van der Waals surface area contributed by atoms with Crippen molar-refractivity contribution < 1.29 is 0 Å². The molecule has 0 aliphatic carbocycles. The SMILES string of the molecule is NCCc1cnc(-c2ncc(Cl)cc2Cl)nc1. The van der Waals surface area contributed by atoms with E-state index >= 15 is 0 Å². The fourth-order valence-corrected chi connectivity index (χ4v) is 1.82. The van der Waals surface area contributed by atoms with E-state index in [2.05, 4.69) is 15.0 Å². The average molecular weight is 269 g/mol. The first kappa shape index (κ1) is 12.2. The van der Waals surface area contributed by atoms with Crippen LogP contribution in [-0.2, 0) is 6.42 Å². The summed E-state index contributed by atoms with van der Waals surface area (Å²) in [7, 11) is 0. The smallest absolute Gasteiger partial charge is 0.179 e. The van der Waals surface area contributed by atoms with E-state index in [-0.39, 0.29) is 0 Å². The van der Waals surface area contributed by atoms with Crippen LogP contribution < -0.4 is 5.73 Å². The van der Waals surface area contributed by atoms with Crippen molar-refractivity contribution in [2.75, 3.05) is 6.54 Å². The van der Waals surface area contributed by atoms with E-state index in [9.17, 15) is 0 Å². The summed E-state index contributed by atoms with van der Waals surface area (Å²) in [6.07, 6.45) is 5.71. The molecule has 0 bridgehead atoms. The van der Waals surface area contributed by atoms with Gasteiger partial charge in [0.05, 0.1) is 10.0 Å². The van der Waals surface area contributed by atoms with Gasteiger partial charge in [0, 0.05) is 18.6 Å². The minimum atomic E-state index is 0.434. The minimum absolute atomic E-state index is 0.434. The first-order valence-corrected chi connectivity index (χ1v) is 5.78. The van der Waals surface area contributed by atoms with Crippen molar-refractivity contribution in [1.82, 2.24) is 15.0 Å². The van der Waals surface area contributed by atoms with Crippen molar-refractivity contribution >= 4 is 23.2 Å². The highest BCUT2D eigenvalue weighted by molar-refractivity contribution is 6.35. The van der Waals surface area contributed by atoms with E-state index in [0.717, 1.165) is 12.0 Å². The van der Waals surface area contributed by atoms with Crippen LogP contribution in [0.4, 0.5) is 0 Å². The van der Waals surface area contributed by atoms with Crippen LogP contribution in [0.15, 0.2) is 24.7 Å². The molecule has 0 spiro atoms. The molecule has 4 nitrogen and oxygen atoms in total. The second kappa shape index (κ2) is 5.40. The first-order chi connectivity index (χ1) is 8.20. The van der Waals surface area contributed by atoms with E-state index < -0.39 is 0 Å². The van der Waals surface area contributed by atoms with E-state index in [0.29, 0.717) is 28.1 Å². The maximum absolute atomic E-state index is 6.02. The Morgan fingerprint density at radius 2 is 1.76 bits per heavy atom. The second-order valence-corrected chi connectivity index (χ2v) is 4.28.